The minimum atomic E-state index is -3.72. The summed E-state index contributed by atoms with van der Waals surface area (Å²) in [6.45, 7) is 0. The second-order valence-corrected chi connectivity index (χ2v) is 5.78. The molecule has 0 bridgehead atoms. The van der Waals surface area contributed by atoms with Crippen LogP contribution in [0.15, 0.2) is 0 Å². The molecule has 0 aromatic rings. The van der Waals surface area contributed by atoms with E-state index in [2.05, 4.69) is 29.6 Å². The lowest BCUT2D eigenvalue weighted by molar-refractivity contribution is -0.292. The van der Waals surface area contributed by atoms with Crippen molar-refractivity contribution in [1.82, 2.24) is 0 Å². The molecule has 0 fully saturated rings. The Labute approximate surface area is 63.8 Å². The predicted molar refractivity (Wildman–Crippen MR) is 32.8 cm³/mol. The Morgan fingerprint density at radius 2 is 1.44 bits per heavy atom. The Bertz CT molecular complexity index is 87.7. The molecule has 5 nitrogen and oxygen atoms in total. The van der Waals surface area contributed by atoms with Gasteiger partial charge in [0.1, 0.15) is 0 Å². The topological polar surface area (TPSA) is 118 Å². The van der Waals surface area contributed by atoms with Gasteiger partial charge in [-0.3, -0.25) is 0 Å². The summed E-state index contributed by atoms with van der Waals surface area (Å²) < 4.78 is 0. The molecule has 0 aliphatic carbocycles. The standard InChI is InChI=1S/H2NO2P.H3O2PS2/c1-4(2)3;1-3(2,4)5/h1H2;(H3,1,2,4,5)/q-2;/p-3. The Morgan fingerprint density at radius 3 is 1.44 bits per heavy atom. The average Bonchev–Trinajstić information content (AvgIpc) is 1.19. The molecule has 0 saturated heterocycles. The molecule has 0 heterocycles. The number of nitrogens with two attached hydrogens (primary N) is 1. The van der Waals surface area contributed by atoms with E-state index in [0.717, 1.165) is 0 Å². The van der Waals surface area contributed by atoms with Gasteiger partial charge in [-0.05, 0) is 0 Å². The van der Waals surface area contributed by atoms with Crippen LogP contribution in [0.5, 0.6) is 0 Å². The molecule has 9 heteroatoms. The van der Waals surface area contributed by atoms with E-state index in [0.29, 0.717) is 0 Å². The predicted octanol–water partition coefficient (Wildman–Crippen LogP) is -3.63. The van der Waals surface area contributed by atoms with Crippen LogP contribution in [0.3, 0.4) is 0 Å². The van der Waals surface area contributed by atoms with Gasteiger partial charge in [0.15, 0.2) is 0 Å². The van der Waals surface area contributed by atoms with Crippen LogP contribution < -0.4 is 25.1 Å². The van der Waals surface area contributed by atoms with Crippen LogP contribution in [-0.2, 0) is 24.1 Å². The number of rotatable bonds is 0. The van der Waals surface area contributed by atoms with Gasteiger partial charge in [0.25, 0.3) is 0 Å². The van der Waals surface area contributed by atoms with E-state index in [-0.39, 0.29) is 0 Å². The maximum atomic E-state index is 9.29. The van der Waals surface area contributed by atoms with Crippen LogP contribution in [-0.4, -0.2) is 0 Å². The molecule has 0 spiro atoms. The lowest BCUT2D eigenvalue weighted by Gasteiger charge is -2.44. The van der Waals surface area contributed by atoms with Crippen molar-refractivity contribution < 1.29 is 19.6 Å². The fourth-order valence-electron chi connectivity index (χ4n) is 0. The molecule has 0 aromatic heterocycles. The molecule has 0 aliphatic heterocycles. The van der Waals surface area contributed by atoms with Gasteiger partial charge in [0.05, 0.1) is 0 Å². The van der Waals surface area contributed by atoms with Gasteiger partial charge in [-0.1, -0.05) is 0 Å². The second-order valence-electron chi connectivity index (χ2n) is 0.733. The molecule has 0 rings (SSSR count). The van der Waals surface area contributed by atoms with Crippen LogP contribution in [0.25, 0.3) is 0 Å². The molecule has 0 unspecified atom stereocenters. The summed E-state index contributed by atoms with van der Waals surface area (Å²) in [5.74, 6) is 0. The van der Waals surface area contributed by atoms with Crippen LogP contribution in [0, 0.1) is 0 Å². The van der Waals surface area contributed by atoms with E-state index in [9.17, 15) is 9.79 Å². The van der Waals surface area contributed by atoms with Gasteiger partial charge < -0.3 is 43.0 Å². The summed E-state index contributed by atoms with van der Waals surface area (Å²) in [7, 11) is -2.62. The molecular formula is H2NO4P2S2-5. The van der Waals surface area contributed by atoms with Gasteiger partial charge in [0.2, 0.25) is 0 Å². The van der Waals surface area contributed by atoms with Crippen molar-refractivity contribution in [2.24, 2.45) is 5.50 Å². The monoisotopic (exact) mass is 206 g/mol. The van der Waals surface area contributed by atoms with Crippen molar-refractivity contribution in [1.29, 1.82) is 0 Å². The first-order valence-corrected chi connectivity index (χ1v) is 6.25. The summed E-state index contributed by atoms with van der Waals surface area (Å²) in [6, 6.07) is 0. The molecule has 0 amide bonds. The fourth-order valence-corrected chi connectivity index (χ4v) is 0. The normalized spacial score (nSPS) is 10.6. The summed E-state index contributed by atoms with van der Waals surface area (Å²) in [6.07, 6.45) is 0. The van der Waals surface area contributed by atoms with Crippen molar-refractivity contribution in [2.75, 3.05) is 0 Å². The van der Waals surface area contributed by atoms with Crippen molar-refractivity contribution in [3.8, 4) is 0 Å². The van der Waals surface area contributed by atoms with Crippen molar-refractivity contribution in [2.45, 2.75) is 0 Å². The van der Waals surface area contributed by atoms with E-state index in [1.807, 2.05) is 0 Å². The van der Waals surface area contributed by atoms with Crippen LogP contribution in [0.4, 0.5) is 0 Å². The van der Waals surface area contributed by atoms with Crippen LogP contribution in [0.2, 0.25) is 0 Å². The Balaban J connectivity index is 0. The maximum absolute atomic E-state index is 9.29. The Hall–Kier alpha value is 1.23. The average molecular weight is 206 g/mol. The summed E-state index contributed by atoms with van der Waals surface area (Å²) in [5, 5.41) is 0. The first kappa shape index (κ1) is 12.9. The SMILES string of the molecule is NP([O-])[O-].[O-]P([O-])(=S)[S-]. The molecule has 2 N–H and O–H groups in total. The molecule has 9 heavy (non-hydrogen) atoms. The van der Waals surface area contributed by atoms with Crippen molar-refractivity contribution in [3.63, 3.8) is 0 Å². The molecule has 0 aromatic carbocycles. The van der Waals surface area contributed by atoms with Crippen LogP contribution >= 0.6 is 14.2 Å². The highest BCUT2D eigenvalue weighted by atomic mass is 32.9. The maximum Gasteiger partial charge on any atom is -0.160 e. The molecule has 0 saturated carbocycles. The minimum absolute atomic E-state index is 2.62. The molecule has 0 atom stereocenters. The second kappa shape index (κ2) is 5.97. The third kappa shape index (κ3) is 319. The molecule has 0 radical (unpaired) electrons. The quantitative estimate of drug-likeness (QED) is 0.321. The zero-order chi connectivity index (χ0) is 8.08. The van der Waals surface area contributed by atoms with E-state index < -0.39 is 14.2 Å². The van der Waals surface area contributed by atoms with Gasteiger partial charge in [-0.15, -0.1) is 0 Å². The fraction of sp³-hybridized carbons (Fsp3) is 0. The Kier molecular flexibility index (Phi) is 8.54. The van der Waals surface area contributed by atoms with E-state index in [1.165, 1.54) is 0 Å². The third-order valence-electron chi connectivity index (χ3n) is 0. The van der Waals surface area contributed by atoms with E-state index in [4.69, 9.17) is 9.79 Å². The highest BCUT2D eigenvalue weighted by Gasteiger charge is 1.35. The highest BCUT2D eigenvalue weighted by Crippen LogP contribution is 2.16. The smallest absolute Gasteiger partial charge is 0.160 e. The zero-order valence-corrected chi connectivity index (χ0v) is 7.34. The van der Waals surface area contributed by atoms with E-state index in [1.54, 1.807) is 0 Å². The van der Waals surface area contributed by atoms with Crippen molar-refractivity contribution in [3.05, 3.63) is 0 Å². The minimum Gasteiger partial charge on any atom is -0.850 e. The molecule has 58 valence electrons. The summed E-state index contributed by atoms with van der Waals surface area (Å²) in [4.78, 5) is 36.2. The lowest BCUT2D eigenvalue weighted by Crippen LogP contribution is -2.14. The van der Waals surface area contributed by atoms with Crippen molar-refractivity contribution >= 4 is 38.3 Å². The third-order valence-corrected chi connectivity index (χ3v) is 0. The van der Waals surface area contributed by atoms with E-state index >= 15 is 0 Å². The van der Waals surface area contributed by atoms with Gasteiger partial charge in [-0.25, -0.2) is 8.53 Å². The molecule has 0 aliphatic rings. The number of hydrogen-bond donors (Lipinski definition) is 1. The lowest BCUT2D eigenvalue weighted by atomic mass is 13.9. The van der Waals surface area contributed by atoms with Crippen LogP contribution in [0.1, 0.15) is 0 Å². The first-order chi connectivity index (χ1) is 3.73. The summed E-state index contributed by atoms with van der Waals surface area (Å²) in [5.41, 5.74) is 0.343. The number of hydrogen-bond acceptors (Lipinski definition) is 7. The molecular weight excluding hydrogens is 204 g/mol. The summed E-state index contributed by atoms with van der Waals surface area (Å²) >= 11 is 7.28. The van der Waals surface area contributed by atoms with Gasteiger partial charge in [-0.2, -0.15) is 11.8 Å². The van der Waals surface area contributed by atoms with Gasteiger partial charge >= 0.3 is 0 Å². The first-order valence-electron chi connectivity index (χ1n) is 1.35. The van der Waals surface area contributed by atoms with Gasteiger partial charge in [0, 0.05) is 0 Å². The Morgan fingerprint density at radius 1 is 1.44 bits per heavy atom. The highest BCUT2D eigenvalue weighted by molar-refractivity contribution is 8.49. The largest absolute Gasteiger partial charge is 0.850 e. The zero-order valence-electron chi connectivity index (χ0n) is 3.92.